The molecule has 0 atom stereocenters. The predicted molar refractivity (Wildman–Crippen MR) is 82.9 cm³/mol. The van der Waals surface area contributed by atoms with E-state index in [0.717, 1.165) is 4.47 Å². The Morgan fingerprint density at radius 1 is 1.40 bits per heavy atom. The Morgan fingerprint density at radius 2 is 2.05 bits per heavy atom. The first-order valence-corrected chi connectivity index (χ1v) is 8.71. The van der Waals surface area contributed by atoms with E-state index in [2.05, 4.69) is 21.2 Å². The van der Waals surface area contributed by atoms with Crippen LogP contribution in [0, 0.1) is 0 Å². The number of halogens is 1. The summed E-state index contributed by atoms with van der Waals surface area (Å²) in [6, 6.07) is 7.00. The van der Waals surface area contributed by atoms with Crippen LogP contribution in [0.5, 0.6) is 0 Å². The summed E-state index contributed by atoms with van der Waals surface area (Å²) in [6.07, 6.45) is 0. The number of carbonyl (C=O) groups is 1. The second-order valence-corrected chi connectivity index (χ2v) is 8.28. The summed E-state index contributed by atoms with van der Waals surface area (Å²) in [6.45, 7) is 3.72. The van der Waals surface area contributed by atoms with Crippen molar-refractivity contribution >= 4 is 31.7 Å². The van der Waals surface area contributed by atoms with Gasteiger partial charge in [-0.05, 0) is 31.5 Å². The molecule has 0 heterocycles. The zero-order chi connectivity index (χ0) is 15.4. The molecule has 20 heavy (non-hydrogen) atoms. The number of nitrogens with two attached hydrogens (primary N) is 1. The van der Waals surface area contributed by atoms with E-state index >= 15 is 0 Å². The van der Waals surface area contributed by atoms with Gasteiger partial charge in [-0.1, -0.05) is 28.1 Å². The standard InChI is InChI=1S/C13H19BrN2O3S/c1-13(2,9-15)16-12(17)8-20(18,19)7-10-4-3-5-11(14)6-10/h3-6H,7-9,15H2,1-2H3,(H,16,17). The number of nitrogens with one attached hydrogen (secondary N) is 1. The smallest absolute Gasteiger partial charge is 0.235 e. The fraction of sp³-hybridized carbons (Fsp3) is 0.462. The molecule has 0 saturated carbocycles. The molecule has 1 rings (SSSR count). The highest BCUT2D eigenvalue weighted by Gasteiger charge is 2.23. The zero-order valence-electron chi connectivity index (χ0n) is 11.5. The summed E-state index contributed by atoms with van der Waals surface area (Å²) in [5.74, 6) is -1.23. The fourth-order valence-electron chi connectivity index (χ4n) is 1.60. The molecule has 3 N–H and O–H groups in total. The molecular formula is C13H19BrN2O3S. The van der Waals surface area contributed by atoms with E-state index in [0.29, 0.717) is 5.56 Å². The SMILES string of the molecule is CC(C)(CN)NC(=O)CS(=O)(=O)Cc1cccc(Br)c1. The van der Waals surface area contributed by atoms with Gasteiger partial charge >= 0.3 is 0 Å². The topological polar surface area (TPSA) is 89.3 Å². The summed E-state index contributed by atoms with van der Waals surface area (Å²) in [4.78, 5) is 11.7. The number of rotatable bonds is 6. The molecule has 0 spiro atoms. The Morgan fingerprint density at radius 3 is 2.60 bits per heavy atom. The molecule has 112 valence electrons. The van der Waals surface area contributed by atoms with Crippen molar-refractivity contribution in [2.75, 3.05) is 12.3 Å². The average Bonchev–Trinajstić information content (AvgIpc) is 2.26. The number of sulfone groups is 1. The molecule has 0 saturated heterocycles. The number of carbonyl (C=O) groups excluding carboxylic acids is 1. The lowest BCUT2D eigenvalue weighted by molar-refractivity contribution is -0.120. The van der Waals surface area contributed by atoms with E-state index in [4.69, 9.17) is 5.73 Å². The van der Waals surface area contributed by atoms with Crippen LogP contribution in [0.15, 0.2) is 28.7 Å². The number of hydrogen-bond donors (Lipinski definition) is 2. The third-order valence-electron chi connectivity index (χ3n) is 2.61. The third-order valence-corrected chi connectivity index (χ3v) is 4.58. The second-order valence-electron chi connectivity index (χ2n) is 5.30. The van der Waals surface area contributed by atoms with Gasteiger partial charge in [-0.2, -0.15) is 0 Å². The molecule has 0 bridgehead atoms. The predicted octanol–water partition coefficient (Wildman–Crippen LogP) is 1.22. The van der Waals surface area contributed by atoms with Gasteiger partial charge in [0.2, 0.25) is 5.91 Å². The van der Waals surface area contributed by atoms with Crippen molar-refractivity contribution in [3.8, 4) is 0 Å². The van der Waals surface area contributed by atoms with Crippen molar-refractivity contribution in [1.82, 2.24) is 5.32 Å². The third kappa shape index (κ3) is 6.02. The normalized spacial score (nSPS) is 12.2. The van der Waals surface area contributed by atoms with Crippen LogP contribution in [0.3, 0.4) is 0 Å². The van der Waals surface area contributed by atoms with E-state index in [1.807, 2.05) is 6.07 Å². The van der Waals surface area contributed by atoms with E-state index in [1.54, 1.807) is 32.0 Å². The molecule has 7 heteroatoms. The quantitative estimate of drug-likeness (QED) is 0.795. The van der Waals surface area contributed by atoms with Gasteiger partial charge in [0.1, 0.15) is 5.75 Å². The van der Waals surface area contributed by atoms with Crippen LogP contribution in [-0.2, 0) is 20.4 Å². The molecule has 0 fully saturated rings. The molecule has 1 aromatic carbocycles. The molecule has 1 amide bonds. The minimum atomic E-state index is -3.50. The number of hydrogen-bond acceptors (Lipinski definition) is 4. The van der Waals surface area contributed by atoms with Gasteiger partial charge < -0.3 is 11.1 Å². The molecule has 5 nitrogen and oxygen atoms in total. The molecule has 0 aliphatic heterocycles. The maximum absolute atomic E-state index is 12.0. The van der Waals surface area contributed by atoms with Crippen molar-refractivity contribution in [2.45, 2.75) is 25.1 Å². The minimum absolute atomic E-state index is 0.164. The van der Waals surface area contributed by atoms with Gasteiger partial charge in [0, 0.05) is 16.6 Å². The van der Waals surface area contributed by atoms with Crippen molar-refractivity contribution < 1.29 is 13.2 Å². The monoisotopic (exact) mass is 362 g/mol. The highest BCUT2D eigenvalue weighted by molar-refractivity contribution is 9.10. The highest BCUT2D eigenvalue weighted by Crippen LogP contribution is 2.14. The first kappa shape index (κ1) is 17.1. The van der Waals surface area contributed by atoms with Crippen molar-refractivity contribution in [1.29, 1.82) is 0 Å². The van der Waals surface area contributed by atoms with E-state index in [9.17, 15) is 13.2 Å². The maximum atomic E-state index is 12.0. The molecular weight excluding hydrogens is 344 g/mol. The largest absolute Gasteiger partial charge is 0.349 e. The first-order valence-electron chi connectivity index (χ1n) is 6.09. The van der Waals surface area contributed by atoms with Gasteiger partial charge in [0.15, 0.2) is 9.84 Å². The van der Waals surface area contributed by atoms with E-state index in [1.165, 1.54) is 0 Å². The van der Waals surface area contributed by atoms with Gasteiger partial charge in [-0.3, -0.25) is 4.79 Å². The van der Waals surface area contributed by atoms with E-state index < -0.39 is 27.0 Å². The Bertz CT molecular complexity index is 585. The summed E-state index contributed by atoms with van der Waals surface area (Å²) in [5, 5.41) is 2.61. The number of benzene rings is 1. The number of amides is 1. The molecule has 0 aliphatic carbocycles. The fourth-order valence-corrected chi connectivity index (χ4v) is 3.30. The van der Waals surface area contributed by atoms with Gasteiger partial charge in [-0.25, -0.2) is 8.42 Å². The van der Waals surface area contributed by atoms with Crippen molar-refractivity contribution in [3.05, 3.63) is 34.3 Å². The molecule has 0 aromatic heterocycles. The lowest BCUT2D eigenvalue weighted by Crippen LogP contribution is -2.50. The Balaban J connectivity index is 2.69. The van der Waals surface area contributed by atoms with Gasteiger partial charge in [0.05, 0.1) is 5.75 Å². The first-order chi connectivity index (χ1) is 9.13. The molecule has 1 aromatic rings. The lowest BCUT2D eigenvalue weighted by atomic mass is 10.1. The lowest BCUT2D eigenvalue weighted by Gasteiger charge is -2.24. The van der Waals surface area contributed by atoms with E-state index in [-0.39, 0.29) is 12.3 Å². The maximum Gasteiger partial charge on any atom is 0.235 e. The molecule has 0 radical (unpaired) electrons. The van der Waals surface area contributed by atoms with Crippen molar-refractivity contribution in [3.63, 3.8) is 0 Å². The molecule has 0 aliphatic rings. The summed E-state index contributed by atoms with van der Waals surface area (Å²) >= 11 is 3.28. The Hall–Kier alpha value is -0.920. The summed E-state index contributed by atoms with van der Waals surface area (Å²) < 4.78 is 24.8. The Kier molecular flexibility index (Phi) is 5.73. The van der Waals surface area contributed by atoms with Crippen LogP contribution in [-0.4, -0.2) is 32.2 Å². The highest BCUT2D eigenvalue weighted by atomic mass is 79.9. The zero-order valence-corrected chi connectivity index (χ0v) is 13.9. The Labute approximate surface area is 128 Å². The second kappa shape index (κ2) is 6.69. The minimum Gasteiger partial charge on any atom is -0.349 e. The van der Waals surface area contributed by atoms with Crippen molar-refractivity contribution in [2.24, 2.45) is 5.73 Å². The van der Waals surface area contributed by atoms with Crippen LogP contribution in [0.2, 0.25) is 0 Å². The molecule has 0 unspecified atom stereocenters. The van der Waals surface area contributed by atoms with Crippen LogP contribution >= 0.6 is 15.9 Å². The summed E-state index contributed by atoms with van der Waals surface area (Å²) in [5.41, 5.74) is 5.52. The van der Waals surface area contributed by atoms with Crippen LogP contribution in [0.1, 0.15) is 19.4 Å². The van der Waals surface area contributed by atoms with Crippen LogP contribution in [0.4, 0.5) is 0 Å². The average molecular weight is 363 g/mol. The summed E-state index contributed by atoms with van der Waals surface area (Å²) in [7, 11) is -3.50. The van der Waals surface area contributed by atoms with Crippen LogP contribution in [0.25, 0.3) is 0 Å². The van der Waals surface area contributed by atoms with Crippen LogP contribution < -0.4 is 11.1 Å². The van der Waals surface area contributed by atoms with Gasteiger partial charge in [-0.15, -0.1) is 0 Å². The van der Waals surface area contributed by atoms with Gasteiger partial charge in [0.25, 0.3) is 0 Å².